The van der Waals surface area contributed by atoms with Crippen molar-refractivity contribution in [3.8, 4) is 5.75 Å². The zero-order valence-corrected chi connectivity index (χ0v) is 11.4. The molecular weight excluding hydrogens is 287 g/mol. The summed E-state index contributed by atoms with van der Waals surface area (Å²) in [6, 6.07) is 11.6. The van der Waals surface area contributed by atoms with Crippen molar-refractivity contribution in [2.24, 2.45) is 21.7 Å². The van der Waals surface area contributed by atoms with Crippen LogP contribution in [0.2, 0.25) is 0 Å². The van der Waals surface area contributed by atoms with Crippen molar-refractivity contribution in [3.05, 3.63) is 65.5 Å². The van der Waals surface area contributed by atoms with Gasteiger partial charge in [0.2, 0.25) is 5.96 Å². The second kappa shape index (κ2) is 6.98. The molecule has 0 saturated heterocycles. The Hall–Kier alpha value is -3.22. The Bertz CT molecular complexity index is 705. The highest BCUT2D eigenvalue weighted by molar-refractivity contribution is 5.91. The molecule has 2 rings (SSSR count). The van der Waals surface area contributed by atoms with Crippen molar-refractivity contribution in [1.82, 2.24) is 0 Å². The Labute approximate surface area is 125 Å². The van der Waals surface area contributed by atoms with Crippen LogP contribution in [0.1, 0.15) is 15.9 Å². The molecule has 0 saturated carbocycles. The van der Waals surface area contributed by atoms with Crippen LogP contribution < -0.4 is 16.2 Å². The Morgan fingerprint density at radius 2 is 1.68 bits per heavy atom. The van der Waals surface area contributed by atoms with Crippen molar-refractivity contribution < 1.29 is 13.9 Å². The van der Waals surface area contributed by atoms with Crippen molar-refractivity contribution >= 4 is 18.1 Å². The molecule has 22 heavy (non-hydrogen) atoms. The van der Waals surface area contributed by atoms with E-state index >= 15 is 0 Å². The molecule has 2 aromatic rings. The lowest BCUT2D eigenvalue weighted by atomic mass is 10.2. The van der Waals surface area contributed by atoms with E-state index in [1.807, 2.05) is 0 Å². The van der Waals surface area contributed by atoms with Crippen molar-refractivity contribution in [2.75, 3.05) is 0 Å². The normalized spacial score (nSPS) is 10.4. The standard InChI is InChI=1S/C15H13FN4O2/c16-12-5-3-11(4-6-12)14(21)22-13-7-1-10(2-8-13)9-19-20-15(17)18/h1-9H,(H4,17,18,20)/b19-9+. The first-order chi connectivity index (χ1) is 10.5. The fourth-order valence-corrected chi connectivity index (χ4v) is 1.54. The van der Waals surface area contributed by atoms with Gasteiger partial charge in [-0.25, -0.2) is 9.18 Å². The summed E-state index contributed by atoms with van der Waals surface area (Å²) in [4.78, 5) is 11.8. The number of ether oxygens (including phenoxy) is 1. The maximum atomic E-state index is 12.8. The largest absolute Gasteiger partial charge is 0.423 e. The Morgan fingerprint density at radius 1 is 1.05 bits per heavy atom. The van der Waals surface area contributed by atoms with E-state index in [2.05, 4.69) is 10.2 Å². The fraction of sp³-hybridized carbons (Fsp3) is 0. The van der Waals surface area contributed by atoms with Gasteiger partial charge in [0, 0.05) is 0 Å². The van der Waals surface area contributed by atoms with E-state index in [-0.39, 0.29) is 11.5 Å². The van der Waals surface area contributed by atoms with Crippen LogP contribution in [0.3, 0.4) is 0 Å². The van der Waals surface area contributed by atoms with Gasteiger partial charge in [-0.05, 0) is 54.1 Å². The van der Waals surface area contributed by atoms with Gasteiger partial charge in [-0.1, -0.05) is 0 Å². The van der Waals surface area contributed by atoms with E-state index in [1.54, 1.807) is 24.3 Å². The molecule has 0 heterocycles. The topological polar surface area (TPSA) is 103 Å². The van der Waals surface area contributed by atoms with E-state index in [9.17, 15) is 9.18 Å². The van der Waals surface area contributed by atoms with Crippen LogP contribution in [0.5, 0.6) is 5.75 Å². The number of hydrogen-bond acceptors (Lipinski definition) is 4. The smallest absolute Gasteiger partial charge is 0.343 e. The molecule has 7 heteroatoms. The highest BCUT2D eigenvalue weighted by Gasteiger charge is 2.08. The van der Waals surface area contributed by atoms with E-state index in [4.69, 9.17) is 16.2 Å². The third-order valence-corrected chi connectivity index (χ3v) is 2.55. The Kier molecular flexibility index (Phi) is 4.81. The van der Waals surface area contributed by atoms with Crippen molar-refractivity contribution in [2.45, 2.75) is 0 Å². The van der Waals surface area contributed by atoms with Gasteiger partial charge in [0.05, 0.1) is 11.8 Å². The lowest BCUT2D eigenvalue weighted by Gasteiger charge is -2.04. The zero-order valence-electron chi connectivity index (χ0n) is 11.4. The quantitative estimate of drug-likeness (QED) is 0.294. The number of nitrogens with zero attached hydrogens (tertiary/aromatic N) is 2. The first-order valence-corrected chi connectivity index (χ1v) is 6.24. The maximum Gasteiger partial charge on any atom is 0.343 e. The summed E-state index contributed by atoms with van der Waals surface area (Å²) >= 11 is 0. The van der Waals surface area contributed by atoms with Crippen LogP contribution >= 0.6 is 0 Å². The summed E-state index contributed by atoms with van der Waals surface area (Å²) in [5.74, 6) is -0.766. The van der Waals surface area contributed by atoms with Gasteiger partial charge in [0.15, 0.2) is 0 Å². The summed E-state index contributed by atoms with van der Waals surface area (Å²) in [6.45, 7) is 0. The van der Waals surface area contributed by atoms with Crippen LogP contribution in [0, 0.1) is 5.82 Å². The fourth-order valence-electron chi connectivity index (χ4n) is 1.54. The number of hydrogen-bond donors (Lipinski definition) is 2. The molecule has 0 fully saturated rings. The zero-order chi connectivity index (χ0) is 15.9. The van der Waals surface area contributed by atoms with Crippen LogP contribution in [-0.4, -0.2) is 18.1 Å². The number of esters is 1. The minimum Gasteiger partial charge on any atom is -0.423 e. The van der Waals surface area contributed by atoms with E-state index in [0.717, 1.165) is 5.56 Å². The molecule has 0 bridgehead atoms. The molecule has 0 aromatic heterocycles. The van der Waals surface area contributed by atoms with Gasteiger partial charge in [-0.3, -0.25) is 0 Å². The third kappa shape index (κ3) is 4.41. The molecule has 2 aromatic carbocycles. The van der Waals surface area contributed by atoms with Crippen LogP contribution in [-0.2, 0) is 0 Å². The van der Waals surface area contributed by atoms with Gasteiger partial charge in [-0.15, -0.1) is 5.10 Å². The molecule has 112 valence electrons. The minimum atomic E-state index is -0.568. The predicted molar refractivity (Wildman–Crippen MR) is 81.2 cm³/mol. The van der Waals surface area contributed by atoms with Crippen LogP contribution in [0.25, 0.3) is 0 Å². The second-order valence-electron chi connectivity index (χ2n) is 4.23. The highest BCUT2D eigenvalue weighted by atomic mass is 19.1. The first-order valence-electron chi connectivity index (χ1n) is 6.24. The van der Waals surface area contributed by atoms with Gasteiger partial charge in [0.1, 0.15) is 11.6 Å². The Morgan fingerprint density at radius 3 is 2.27 bits per heavy atom. The number of benzene rings is 2. The van der Waals surface area contributed by atoms with Gasteiger partial charge < -0.3 is 16.2 Å². The number of carbonyl (C=O) groups excluding carboxylic acids is 1. The summed E-state index contributed by atoms with van der Waals surface area (Å²) in [5.41, 5.74) is 11.3. The number of carbonyl (C=O) groups is 1. The highest BCUT2D eigenvalue weighted by Crippen LogP contribution is 2.14. The molecule has 0 unspecified atom stereocenters. The molecule has 0 aliphatic heterocycles. The minimum absolute atomic E-state index is 0.138. The van der Waals surface area contributed by atoms with E-state index < -0.39 is 11.8 Å². The SMILES string of the molecule is NC(N)=N/N=C/c1ccc(OC(=O)c2ccc(F)cc2)cc1. The van der Waals surface area contributed by atoms with Crippen LogP contribution in [0.15, 0.2) is 58.7 Å². The Balaban J connectivity index is 2.02. The molecule has 0 spiro atoms. The molecule has 0 aliphatic rings. The average molecular weight is 300 g/mol. The van der Waals surface area contributed by atoms with Gasteiger partial charge >= 0.3 is 5.97 Å². The number of halogens is 1. The number of nitrogens with two attached hydrogens (primary N) is 2. The summed E-state index contributed by atoms with van der Waals surface area (Å²) in [7, 11) is 0. The molecular formula is C15H13FN4O2. The molecule has 4 N–H and O–H groups in total. The van der Waals surface area contributed by atoms with Crippen molar-refractivity contribution in [3.63, 3.8) is 0 Å². The lowest BCUT2D eigenvalue weighted by molar-refractivity contribution is 0.0734. The second-order valence-corrected chi connectivity index (χ2v) is 4.23. The molecule has 6 nitrogen and oxygen atoms in total. The third-order valence-electron chi connectivity index (χ3n) is 2.55. The van der Waals surface area contributed by atoms with E-state index in [1.165, 1.54) is 30.5 Å². The van der Waals surface area contributed by atoms with Gasteiger partial charge in [0.25, 0.3) is 0 Å². The first kappa shape index (κ1) is 15.2. The molecule has 0 atom stereocenters. The molecule has 0 radical (unpaired) electrons. The summed E-state index contributed by atoms with van der Waals surface area (Å²) < 4.78 is 17.9. The maximum absolute atomic E-state index is 12.8. The lowest BCUT2D eigenvalue weighted by Crippen LogP contribution is -2.21. The summed E-state index contributed by atoms with van der Waals surface area (Å²) in [6.07, 6.45) is 1.45. The van der Waals surface area contributed by atoms with Crippen molar-refractivity contribution in [1.29, 1.82) is 0 Å². The molecule has 0 aliphatic carbocycles. The number of guanidine groups is 1. The van der Waals surface area contributed by atoms with E-state index in [0.29, 0.717) is 5.75 Å². The van der Waals surface area contributed by atoms with Crippen LogP contribution in [0.4, 0.5) is 4.39 Å². The molecule has 0 amide bonds. The summed E-state index contributed by atoms with van der Waals surface area (Å²) in [5, 5.41) is 7.12. The number of rotatable bonds is 4. The monoisotopic (exact) mass is 300 g/mol. The average Bonchev–Trinajstić information content (AvgIpc) is 2.49. The van der Waals surface area contributed by atoms with Gasteiger partial charge in [-0.2, -0.15) is 5.10 Å². The predicted octanol–water partition coefficient (Wildman–Crippen LogP) is 1.65.